The molecule has 7 nitrogen and oxygen atoms in total. The Hall–Kier alpha value is -2.34. The molecule has 3 aromatic rings. The summed E-state index contributed by atoms with van der Waals surface area (Å²) >= 11 is 5.79. The van der Waals surface area contributed by atoms with Crippen LogP contribution < -0.4 is 0 Å². The maximum absolute atomic E-state index is 12.7. The Kier molecular flexibility index (Phi) is 14.9. The molecule has 0 bridgehead atoms. The molecule has 0 heterocycles. The maximum atomic E-state index is 12.7. The Morgan fingerprint density at radius 1 is 0.778 bits per heavy atom. The lowest BCUT2D eigenvalue weighted by atomic mass is 10.1. The third-order valence-corrected chi connectivity index (χ3v) is 13.8. The first-order chi connectivity index (χ1) is 21.4. The zero-order valence-electron chi connectivity index (χ0n) is 26.9. The van der Waals surface area contributed by atoms with Gasteiger partial charge in [-0.15, -0.1) is 11.6 Å². The molecule has 0 saturated carbocycles. The van der Waals surface area contributed by atoms with Crippen molar-refractivity contribution in [1.29, 1.82) is 0 Å². The number of alkyl halides is 1. The summed E-state index contributed by atoms with van der Waals surface area (Å²) in [4.78, 5) is 0. The van der Waals surface area contributed by atoms with E-state index in [0.29, 0.717) is 6.61 Å². The van der Waals surface area contributed by atoms with Crippen molar-refractivity contribution in [3.63, 3.8) is 0 Å². The van der Waals surface area contributed by atoms with E-state index in [1.165, 1.54) is 0 Å². The van der Waals surface area contributed by atoms with E-state index >= 15 is 0 Å². The molecule has 0 spiro atoms. The molecule has 0 aromatic heterocycles. The Balaban J connectivity index is 1.94. The van der Waals surface area contributed by atoms with Gasteiger partial charge < -0.3 is 18.6 Å². The van der Waals surface area contributed by atoms with Crippen LogP contribution in [0.3, 0.4) is 0 Å². The number of hydrogen-bond donors (Lipinski definition) is 0. The van der Waals surface area contributed by atoms with E-state index in [0.717, 1.165) is 16.7 Å². The number of rotatable bonds is 19. The van der Waals surface area contributed by atoms with Crippen molar-refractivity contribution in [2.45, 2.75) is 77.0 Å². The second-order valence-corrected chi connectivity index (χ2v) is 19.3. The molecular formula is C35H47ClO7SSi. The zero-order valence-corrected chi connectivity index (χ0v) is 29.5. The number of ether oxygens (including phenoxy) is 3. The van der Waals surface area contributed by atoms with Crippen molar-refractivity contribution in [3.05, 3.63) is 120 Å². The molecule has 45 heavy (non-hydrogen) atoms. The van der Waals surface area contributed by atoms with Crippen LogP contribution in [0, 0.1) is 0 Å². The normalized spacial score (nSPS) is 14.8. The highest BCUT2D eigenvalue weighted by atomic mass is 35.5. The molecule has 246 valence electrons. The molecule has 0 aliphatic heterocycles. The standard InChI is InChI=1S/C35H47ClO7SSi/c1-35(2,3)45(4,5)42-23-15-22-32(40-25-30-18-11-7-12-19-30)34(41-26-31-20-13-8-14-21-31)33(43-44(37,38)28-36)27-39-24-29-16-9-6-10-17-29/h6-22,32-34H,23-28H2,1-5H3/b22-15+/t32-,33+,34+/m1/s1. The quantitative estimate of drug-likeness (QED) is 0.0554. The predicted octanol–water partition coefficient (Wildman–Crippen LogP) is 7.86. The summed E-state index contributed by atoms with van der Waals surface area (Å²) < 4.78 is 56.5. The van der Waals surface area contributed by atoms with Gasteiger partial charge >= 0.3 is 0 Å². The first-order valence-electron chi connectivity index (χ1n) is 15.1. The van der Waals surface area contributed by atoms with Gasteiger partial charge in [-0.25, -0.2) is 0 Å². The van der Waals surface area contributed by atoms with Crippen LogP contribution in [0.4, 0.5) is 0 Å². The van der Waals surface area contributed by atoms with Gasteiger partial charge in [0.2, 0.25) is 0 Å². The second kappa shape index (κ2) is 18.1. The van der Waals surface area contributed by atoms with Gasteiger partial charge in [-0.2, -0.15) is 8.42 Å². The Morgan fingerprint density at radius 3 is 1.76 bits per heavy atom. The second-order valence-electron chi connectivity index (χ2n) is 12.3. The Morgan fingerprint density at radius 2 is 1.27 bits per heavy atom. The van der Waals surface area contributed by atoms with Crippen LogP contribution in [-0.2, 0) is 52.8 Å². The van der Waals surface area contributed by atoms with Crippen LogP contribution in [0.5, 0.6) is 0 Å². The molecule has 0 amide bonds. The molecule has 0 saturated heterocycles. The fourth-order valence-corrected chi connectivity index (χ4v) is 5.82. The topological polar surface area (TPSA) is 80.3 Å². The molecule has 0 unspecified atom stereocenters. The average Bonchev–Trinajstić information content (AvgIpc) is 3.02. The first-order valence-corrected chi connectivity index (χ1v) is 20.1. The summed E-state index contributed by atoms with van der Waals surface area (Å²) in [6.07, 6.45) is 1.12. The third kappa shape index (κ3) is 13.1. The SMILES string of the molecule is CC(C)(C)[Si](C)(C)OC/C=C/[C@@H](OCc1ccccc1)[C@H](OCc1ccccc1)[C@H](COCc1ccccc1)OS(=O)(=O)CCl. The van der Waals surface area contributed by atoms with Gasteiger partial charge in [-0.3, -0.25) is 4.18 Å². The van der Waals surface area contributed by atoms with Crippen molar-refractivity contribution >= 4 is 30.0 Å². The third-order valence-electron chi connectivity index (χ3n) is 7.73. The lowest BCUT2D eigenvalue weighted by Gasteiger charge is -2.36. The Labute approximate surface area is 275 Å². The summed E-state index contributed by atoms with van der Waals surface area (Å²) in [5, 5.41) is -0.657. The molecule has 3 aromatic carbocycles. The van der Waals surface area contributed by atoms with Gasteiger partial charge in [0.05, 0.1) is 33.0 Å². The lowest BCUT2D eigenvalue weighted by molar-refractivity contribution is -0.124. The Bertz CT molecular complexity index is 1380. The lowest BCUT2D eigenvalue weighted by Crippen LogP contribution is -2.45. The van der Waals surface area contributed by atoms with E-state index in [2.05, 4.69) is 33.9 Å². The molecule has 0 radical (unpaired) electrons. The van der Waals surface area contributed by atoms with Crippen molar-refractivity contribution in [3.8, 4) is 0 Å². The van der Waals surface area contributed by atoms with E-state index in [1.54, 1.807) is 0 Å². The van der Waals surface area contributed by atoms with E-state index < -0.39 is 42.0 Å². The van der Waals surface area contributed by atoms with Gasteiger partial charge in [-0.05, 0) is 34.8 Å². The number of hydrogen-bond acceptors (Lipinski definition) is 7. The molecule has 3 rings (SSSR count). The molecular weight excluding hydrogens is 628 g/mol. The number of benzene rings is 3. The minimum Gasteiger partial charge on any atom is -0.413 e. The largest absolute Gasteiger partial charge is 0.413 e. The highest BCUT2D eigenvalue weighted by molar-refractivity contribution is 7.87. The summed E-state index contributed by atoms with van der Waals surface area (Å²) in [5.74, 6) is 0. The van der Waals surface area contributed by atoms with Gasteiger partial charge in [-0.1, -0.05) is 124 Å². The molecule has 0 aliphatic carbocycles. The number of halogens is 1. The van der Waals surface area contributed by atoms with E-state index in [-0.39, 0.29) is 31.5 Å². The van der Waals surface area contributed by atoms with Crippen molar-refractivity contribution in [1.82, 2.24) is 0 Å². The summed E-state index contributed by atoms with van der Waals surface area (Å²) in [6.45, 7) is 12.0. The van der Waals surface area contributed by atoms with Crippen molar-refractivity contribution in [2.24, 2.45) is 0 Å². The van der Waals surface area contributed by atoms with Crippen LogP contribution in [0.1, 0.15) is 37.5 Å². The molecule has 0 fully saturated rings. The smallest absolute Gasteiger partial charge is 0.281 e. The highest BCUT2D eigenvalue weighted by Crippen LogP contribution is 2.36. The molecule has 10 heteroatoms. The molecule has 3 atom stereocenters. The van der Waals surface area contributed by atoms with Gasteiger partial charge in [0.25, 0.3) is 10.1 Å². The van der Waals surface area contributed by atoms with Crippen LogP contribution in [0.15, 0.2) is 103 Å². The summed E-state index contributed by atoms with van der Waals surface area (Å²) in [6, 6.07) is 29.0. The van der Waals surface area contributed by atoms with Crippen LogP contribution in [0.25, 0.3) is 0 Å². The van der Waals surface area contributed by atoms with E-state index in [4.69, 9.17) is 34.4 Å². The van der Waals surface area contributed by atoms with Gasteiger partial charge in [0.15, 0.2) is 8.32 Å². The highest BCUT2D eigenvalue weighted by Gasteiger charge is 2.37. The minimum absolute atomic E-state index is 0.0519. The summed E-state index contributed by atoms with van der Waals surface area (Å²) in [7, 11) is -6.10. The fourth-order valence-electron chi connectivity index (χ4n) is 4.13. The van der Waals surface area contributed by atoms with Crippen LogP contribution >= 0.6 is 11.6 Å². The fraction of sp³-hybridized carbons (Fsp3) is 0.429. The van der Waals surface area contributed by atoms with Crippen molar-refractivity contribution < 1.29 is 31.2 Å². The summed E-state index contributed by atoms with van der Waals surface area (Å²) in [5.41, 5.74) is 2.82. The monoisotopic (exact) mass is 674 g/mol. The first kappa shape index (κ1) is 37.1. The van der Waals surface area contributed by atoms with Crippen LogP contribution in [0.2, 0.25) is 18.1 Å². The van der Waals surface area contributed by atoms with Crippen LogP contribution in [-0.4, -0.2) is 53.5 Å². The maximum Gasteiger partial charge on any atom is 0.281 e. The zero-order chi connectivity index (χ0) is 32.8. The van der Waals surface area contributed by atoms with Gasteiger partial charge in [0, 0.05) is 0 Å². The minimum atomic E-state index is -4.10. The molecule has 0 N–H and O–H groups in total. The van der Waals surface area contributed by atoms with Gasteiger partial charge in [0.1, 0.15) is 23.5 Å². The predicted molar refractivity (Wildman–Crippen MR) is 183 cm³/mol. The van der Waals surface area contributed by atoms with Crippen molar-refractivity contribution in [2.75, 3.05) is 18.4 Å². The van der Waals surface area contributed by atoms with E-state index in [9.17, 15) is 8.42 Å². The average molecular weight is 675 g/mol. The van der Waals surface area contributed by atoms with E-state index in [1.807, 2.05) is 103 Å². The molecule has 0 aliphatic rings.